The highest BCUT2D eigenvalue weighted by molar-refractivity contribution is 9.09. The van der Waals surface area contributed by atoms with E-state index in [0.717, 1.165) is 12.0 Å². The molecule has 0 saturated heterocycles. The lowest BCUT2D eigenvalue weighted by molar-refractivity contribution is 0.613. The lowest BCUT2D eigenvalue weighted by atomic mass is 10.0. The Balaban J connectivity index is 2.46. The number of alkyl halides is 1. The highest BCUT2D eigenvalue weighted by Crippen LogP contribution is 2.29. The Morgan fingerprint density at radius 2 is 2.00 bits per heavy atom. The van der Waals surface area contributed by atoms with Crippen molar-refractivity contribution in [1.82, 2.24) is 0 Å². The summed E-state index contributed by atoms with van der Waals surface area (Å²) >= 11 is 3.67. The maximum absolute atomic E-state index is 13.1. The van der Waals surface area contributed by atoms with E-state index >= 15 is 0 Å². The number of hydrogen-bond acceptors (Lipinski definition) is 0. The van der Waals surface area contributed by atoms with Gasteiger partial charge in [-0.2, -0.15) is 0 Å². The van der Waals surface area contributed by atoms with Crippen molar-refractivity contribution in [2.75, 3.05) is 0 Å². The lowest BCUT2D eigenvalue weighted by Gasteiger charge is -2.11. The van der Waals surface area contributed by atoms with Gasteiger partial charge in [-0.3, -0.25) is 0 Å². The Morgan fingerprint density at radius 1 is 1.25 bits per heavy atom. The SMILES string of the molecule is CCCCCCC(Br)c1ccc(F)c(C)c1. The molecule has 1 unspecified atom stereocenters. The van der Waals surface area contributed by atoms with Gasteiger partial charge in [-0.25, -0.2) is 4.39 Å². The number of unbranched alkanes of at least 4 members (excludes halogenated alkanes) is 3. The van der Waals surface area contributed by atoms with Gasteiger partial charge in [-0.1, -0.05) is 60.7 Å². The third-order valence-corrected chi connectivity index (χ3v) is 3.84. The van der Waals surface area contributed by atoms with E-state index in [1.54, 1.807) is 6.07 Å². The Kier molecular flexibility index (Phi) is 6.04. The molecule has 0 N–H and O–H groups in total. The van der Waals surface area contributed by atoms with Crippen LogP contribution < -0.4 is 0 Å². The summed E-state index contributed by atoms with van der Waals surface area (Å²) in [6.07, 6.45) is 6.23. The molecule has 0 aliphatic heterocycles. The van der Waals surface area contributed by atoms with Gasteiger partial charge in [0.2, 0.25) is 0 Å². The highest BCUT2D eigenvalue weighted by atomic mass is 79.9. The summed E-state index contributed by atoms with van der Waals surface area (Å²) in [4.78, 5) is 0.364. The molecule has 90 valence electrons. The molecule has 0 aliphatic carbocycles. The van der Waals surface area contributed by atoms with Crippen LogP contribution in [0.25, 0.3) is 0 Å². The maximum Gasteiger partial charge on any atom is 0.126 e. The molecule has 0 aliphatic rings. The van der Waals surface area contributed by atoms with Crippen LogP contribution in [0.1, 0.15) is 55.0 Å². The van der Waals surface area contributed by atoms with Crippen LogP contribution in [0.15, 0.2) is 18.2 Å². The van der Waals surface area contributed by atoms with Gasteiger partial charge in [0.1, 0.15) is 5.82 Å². The second-order valence-corrected chi connectivity index (χ2v) is 5.43. The van der Waals surface area contributed by atoms with Crippen molar-refractivity contribution in [3.63, 3.8) is 0 Å². The van der Waals surface area contributed by atoms with Gasteiger partial charge in [-0.05, 0) is 30.5 Å². The van der Waals surface area contributed by atoms with Gasteiger partial charge >= 0.3 is 0 Å². The quantitative estimate of drug-likeness (QED) is 0.476. The monoisotopic (exact) mass is 286 g/mol. The van der Waals surface area contributed by atoms with E-state index in [1.807, 2.05) is 19.1 Å². The Morgan fingerprint density at radius 3 is 2.62 bits per heavy atom. The van der Waals surface area contributed by atoms with Crippen LogP contribution in [0.3, 0.4) is 0 Å². The van der Waals surface area contributed by atoms with E-state index in [9.17, 15) is 4.39 Å². The fourth-order valence-electron chi connectivity index (χ4n) is 1.78. The van der Waals surface area contributed by atoms with E-state index in [1.165, 1.54) is 31.2 Å². The van der Waals surface area contributed by atoms with Crippen molar-refractivity contribution in [1.29, 1.82) is 0 Å². The number of hydrogen-bond donors (Lipinski definition) is 0. The molecule has 0 spiro atoms. The highest BCUT2D eigenvalue weighted by Gasteiger charge is 2.08. The molecule has 0 nitrogen and oxygen atoms in total. The molecule has 0 radical (unpaired) electrons. The van der Waals surface area contributed by atoms with E-state index in [2.05, 4.69) is 22.9 Å². The van der Waals surface area contributed by atoms with E-state index in [4.69, 9.17) is 0 Å². The van der Waals surface area contributed by atoms with Crippen molar-refractivity contribution < 1.29 is 4.39 Å². The summed E-state index contributed by atoms with van der Waals surface area (Å²) in [5.74, 6) is -0.116. The summed E-state index contributed by atoms with van der Waals surface area (Å²) in [6.45, 7) is 4.03. The van der Waals surface area contributed by atoms with Crippen LogP contribution in [0, 0.1) is 12.7 Å². The van der Waals surface area contributed by atoms with Gasteiger partial charge in [0.25, 0.3) is 0 Å². The summed E-state index contributed by atoms with van der Waals surface area (Å²) in [5.41, 5.74) is 1.92. The predicted molar refractivity (Wildman–Crippen MR) is 71.6 cm³/mol. The Hall–Kier alpha value is -0.370. The molecule has 0 saturated carbocycles. The van der Waals surface area contributed by atoms with Gasteiger partial charge in [0.05, 0.1) is 0 Å². The molecule has 16 heavy (non-hydrogen) atoms. The molecule has 1 rings (SSSR count). The van der Waals surface area contributed by atoms with Gasteiger partial charge in [0, 0.05) is 4.83 Å². The number of halogens is 2. The zero-order valence-electron chi connectivity index (χ0n) is 10.1. The number of rotatable bonds is 6. The summed E-state index contributed by atoms with van der Waals surface area (Å²) in [7, 11) is 0. The van der Waals surface area contributed by atoms with Gasteiger partial charge < -0.3 is 0 Å². The van der Waals surface area contributed by atoms with E-state index in [0.29, 0.717) is 4.83 Å². The molecule has 0 bridgehead atoms. The molecule has 0 fully saturated rings. The first-order valence-corrected chi connectivity index (χ1v) is 6.96. The number of benzene rings is 1. The normalized spacial score (nSPS) is 12.8. The zero-order valence-corrected chi connectivity index (χ0v) is 11.7. The Labute approximate surface area is 106 Å². The van der Waals surface area contributed by atoms with Crippen LogP contribution in [0.2, 0.25) is 0 Å². The fourth-order valence-corrected chi connectivity index (χ4v) is 2.39. The van der Waals surface area contributed by atoms with Crippen molar-refractivity contribution in [2.45, 2.75) is 50.8 Å². The summed E-state index contributed by atoms with van der Waals surface area (Å²) in [6, 6.07) is 5.38. The first-order chi connectivity index (χ1) is 7.65. The van der Waals surface area contributed by atoms with Crippen molar-refractivity contribution >= 4 is 15.9 Å². The van der Waals surface area contributed by atoms with Gasteiger partial charge in [0.15, 0.2) is 0 Å². The van der Waals surface area contributed by atoms with Crippen LogP contribution in [-0.4, -0.2) is 0 Å². The summed E-state index contributed by atoms with van der Waals surface area (Å²) < 4.78 is 13.1. The third-order valence-electron chi connectivity index (χ3n) is 2.85. The molecule has 1 aromatic carbocycles. The minimum atomic E-state index is -0.116. The molecule has 0 amide bonds. The molecular formula is C14H20BrF. The van der Waals surface area contributed by atoms with Crippen LogP contribution >= 0.6 is 15.9 Å². The molecule has 2 heteroatoms. The van der Waals surface area contributed by atoms with Crippen molar-refractivity contribution in [3.8, 4) is 0 Å². The average molecular weight is 287 g/mol. The Bertz CT molecular complexity index is 323. The molecule has 0 aromatic heterocycles. The minimum absolute atomic E-state index is 0.116. The molecular weight excluding hydrogens is 267 g/mol. The third kappa shape index (κ3) is 4.25. The largest absolute Gasteiger partial charge is 0.207 e. The second kappa shape index (κ2) is 7.05. The smallest absolute Gasteiger partial charge is 0.126 e. The first kappa shape index (κ1) is 13.7. The van der Waals surface area contributed by atoms with E-state index < -0.39 is 0 Å². The predicted octanol–water partition coefficient (Wildman–Crippen LogP) is 5.54. The van der Waals surface area contributed by atoms with Crippen molar-refractivity contribution in [3.05, 3.63) is 35.1 Å². The van der Waals surface area contributed by atoms with Crippen molar-refractivity contribution in [2.24, 2.45) is 0 Å². The van der Waals surface area contributed by atoms with Crippen LogP contribution in [0.4, 0.5) is 4.39 Å². The molecule has 1 atom stereocenters. The van der Waals surface area contributed by atoms with Gasteiger partial charge in [-0.15, -0.1) is 0 Å². The number of aryl methyl sites for hydroxylation is 1. The zero-order chi connectivity index (χ0) is 12.0. The maximum atomic E-state index is 13.1. The van der Waals surface area contributed by atoms with Crippen LogP contribution in [0.5, 0.6) is 0 Å². The minimum Gasteiger partial charge on any atom is -0.207 e. The second-order valence-electron chi connectivity index (χ2n) is 4.33. The molecule has 0 heterocycles. The van der Waals surface area contributed by atoms with Crippen LogP contribution in [-0.2, 0) is 0 Å². The standard InChI is InChI=1S/C14H20BrF/c1-3-4-5-6-7-13(15)12-8-9-14(16)11(2)10-12/h8-10,13H,3-7H2,1-2H3. The lowest BCUT2D eigenvalue weighted by Crippen LogP contribution is -1.93. The fraction of sp³-hybridized carbons (Fsp3) is 0.571. The topological polar surface area (TPSA) is 0 Å². The molecule has 1 aromatic rings. The first-order valence-electron chi connectivity index (χ1n) is 6.05. The summed E-state index contributed by atoms with van der Waals surface area (Å²) in [5, 5.41) is 0. The van der Waals surface area contributed by atoms with E-state index in [-0.39, 0.29) is 5.82 Å². The average Bonchev–Trinajstić information content (AvgIpc) is 2.28.